The van der Waals surface area contributed by atoms with E-state index < -0.39 is 0 Å². The van der Waals surface area contributed by atoms with Crippen LogP contribution in [0.5, 0.6) is 5.75 Å². The number of hydrogen-bond acceptors (Lipinski definition) is 3. The minimum atomic E-state index is -0.132. The molecule has 0 aliphatic carbocycles. The van der Waals surface area contributed by atoms with Crippen LogP contribution in [0.1, 0.15) is 29.3 Å². The van der Waals surface area contributed by atoms with Gasteiger partial charge in [0.2, 0.25) is 5.91 Å². The Kier molecular flexibility index (Phi) is 6.83. The van der Waals surface area contributed by atoms with Crippen molar-refractivity contribution in [1.82, 2.24) is 10.6 Å². The van der Waals surface area contributed by atoms with Crippen LogP contribution in [0.2, 0.25) is 0 Å². The molecule has 0 saturated heterocycles. The van der Waals surface area contributed by atoms with Crippen LogP contribution < -0.4 is 15.4 Å². The molecule has 0 aliphatic rings. The average molecular weight is 326 g/mol. The molecule has 2 aromatic rings. The normalized spacial score (nSPS) is 10.0. The number of amides is 2. The average Bonchev–Trinajstić information content (AvgIpc) is 2.60. The van der Waals surface area contributed by atoms with Crippen LogP contribution in [-0.2, 0) is 11.4 Å². The highest BCUT2D eigenvalue weighted by molar-refractivity contribution is 5.94. The Balaban J connectivity index is 1.74. The number of benzene rings is 2. The molecule has 0 aliphatic heterocycles. The summed E-state index contributed by atoms with van der Waals surface area (Å²) in [4.78, 5) is 22.7. The zero-order valence-electron chi connectivity index (χ0n) is 13.7. The maximum Gasteiger partial charge on any atom is 0.251 e. The summed E-state index contributed by atoms with van der Waals surface area (Å²) in [6, 6.07) is 17.0. The number of rotatable bonds is 8. The monoisotopic (exact) mass is 326 g/mol. The first-order valence-corrected chi connectivity index (χ1v) is 7.94. The largest absolute Gasteiger partial charge is 0.489 e. The van der Waals surface area contributed by atoms with E-state index >= 15 is 0 Å². The van der Waals surface area contributed by atoms with E-state index in [2.05, 4.69) is 10.6 Å². The molecule has 0 bridgehead atoms. The van der Waals surface area contributed by atoms with Crippen molar-refractivity contribution in [2.24, 2.45) is 0 Å². The molecule has 2 amide bonds. The Bertz CT molecular complexity index is 654. The minimum Gasteiger partial charge on any atom is -0.489 e. The van der Waals surface area contributed by atoms with Crippen molar-refractivity contribution in [3.05, 3.63) is 65.7 Å². The highest BCUT2D eigenvalue weighted by atomic mass is 16.5. The number of nitrogens with one attached hydrogen (secondary N) is 2. The number of hydrogen-bond donors (Lipinski definition) is 2. The molecule has 0 saturated carbocycles. The third-order valence-corrected chi connectivity index (χ3v) is 3.38. The Morgan fingerprint density at radius 1 is 0.917 bits per heavy atom. The Morgan fingerprint density at radius 3 is 2.25 bits per heavy atom. The SMILES string of the molecule is CC(=O)NCCCNC(=O)c1ccc(OCc2ccccc2)cc1. The maximum atomic E-state index is 12.0. The Hall–Kier alpha value is -2.82. The second-order valence-corrected chi connectivity index (χ2v) is 5.39. The van der Waals surface area contributed by atoms with E-state index in [1.807, 2.05) is 30.3 Å². The molecule has 2 aromatic carbocycles. The Morgan fingerprint density at radius 2 is 1.58 bits per heavy atom. The molecule has 0 heterocycles. The second kappa shape index (κ2) is 9.35. The van der Waals surface area contributed by atoms with Gasteiger partial charge in [-0.05, 0) is 36.2 Å². The van der Waals surface area contributed by atoms with Crippen molar-refractivity contribution >= 4 is 11.8 Å². The second-order valence-electron chi connectivity index (χ2n) is 5.39. The molecule has 2 N–H and O–H groups in total. The first-order chi connectivity index (χ1) is 11.6. The molecule has 0 spiro atoms. The van der Waals surface area contributed by atoms with Gasteiger partial charge in [0.15, 0.2) is 0 Å². The van der Waals surface area contributed by atoms with Crippen LogP contribution in [0.15, 0.2) is 54.6 Å². The number of carbonyl (C=O) groups is 2. The van der Waals surface area contributed by atoms with E-state index in [0.29, 0.717) is 31.7 Å². The topological polar surface area (TPSA) is 67.4 Å². The lowest BCUT2D eigenvalue weighted by Gasteiger charge is -2.08. The van der Waals surface area contributed by atoms with Crippen molar-refractivity contribution < 1.29 is 14.3 Å². The molecule has 0 aromatic heterocycles. The van der Waals surface area contributed by atoms with E-state index in [-0.39, 0.29) is 11.8 Å². The number of ether oxygens (including phenoxy) is 1. The molecular formula is C19H22N2O3. The third-order valence-electron chi connectivity index (χ3n) is 3.38. The van der Waals surface area contributed by atoms with Crippen molar-refractivity contribution in [2.45, 2.75) is 20.0 Å². The van der Waals surface area contributed by atoms with E-state index in [1.165, 1.54) is 6.92 Å². The molecule has 0 unspecified atom stereocenters. The summed E-state index contributed by atoms with van der Waals surface area (Å²) in [5, 5.41) is 5.51. The summed E-state index contributed by atoms with van der Waals surface area (Å²) < 4.78 is 5.69. The minimum absolute atomic E-state index is 0.0626. The highest BCUT2D eigenvalue weighted by Gasteiger charge is 2.05. The van der Waals surface area contributed by atoms with E-state index in [9.17, 15) is 9.59 Å². The molecule has 5 nitrogen and oxygen atoms in total. The fraction of sp³-hybridized carbons (Fsp3) is 0.263. The van der Waals surface area contributed by atoms with Gasteiger partial charge in [-0.25, -0.2) is 0 Å². The highest BCUT2D eigenvalue weighted by Crippen LogP contribution is 2.14. The van der Waals surface area contributed by atoms with Crippen LogP contribution in [0, 0.1) is 0 Å². The maximum absolute atomic E-state index is 12.0. The summed E-state index contributed by atoms with van der Waals surface area (Å²) in [5.74, 6) is 0.529. The molecule has 2 rings (SSSR count). The molecule has 0 radical (unpaired) electrons. The molecule has 24 heavy (non-hydrogen) atoms. The predicted molar refractivity (Wildman–Crippen MR) is 92.8 cm³/mol. The van der Waals surface area contributed by atoms with Gasteiger partial charge in [-0.3, -0.25) is 9.59 Å². The van der Waals surface area contributed by atoms with Gasteiger partial charge in [0, 0.05) is 25.6 Å². The van der Waals surface area contributed by atoms with Gasteiger partial charge in [-0.2, -0.15) is 0 Å². The molecular weight excluding hydrogens is 304 g/mol. The fourth-order valence-corrected chi connectivity index (χ4v) is 2.10. The van der Waals surface area contributed by atoms with Gasteiger partial charge in [0.25, 0.3) is 5.91 Å². The summed E-state index contributed by atoms with van der Waals surface area (Å²) in [5.41, 5.74) is 1.68. The van der Waals surface area contributed by atoms with Gasteiger partial charge in [0.1, 0.15) is 12.4 Å². The van der Waals surface area contributed by atoms with E-state index in [0.717, 1.165) is 11.3 Å². The lowest BCUT2D eigenvalue weighted by atomic mass is 10.2. The smallest absolute Gasteiger partial charge is 0.251 e. The van der Waals surface area contributed by atoms with Gasteiger partial charge in [-0.1, -0.05) is 30.3 Å². The van der Waals surface area contributed by atoms with Crippen molar-refractivity contribution in [1.29, 1.82) is 0 Å². The first-order valence-electron chi connectivity index (χ1n) is 7.94. The summed E-state index contributed by atoms with van der Waals surface area (Å²) >= 11 is 0. The lowest BCUT2D eigenvalue weighted by Crippen LogP contribution is -2.28. The molecule has 0 atom stereocenters. The van der Waals surface area contributed by atoms with Crippen LogP contribution in [0.4, 0.5) is 0 Å². The summed E-state index contributed by atoms with van der Waals surface area (Å²) in [6.07, 6.45) is 0.698. The van der Waals surface area contributed by atoms with Crippen molar-refractivity contribution in [3.63, 3.8) is 0 Å². The van der Waals surface area contributed by atoms with Gasteiger partial charge in [0.05, 0.1) is 0 Å². The van der Waals surface area contributed by atoms with Crippen LogP contribution in [0.3, 0.4) is 0 Å². The predicted octanol–water partition coefficient (Wildman–Crippen LogP) is 2.52. The molecule has 5 heteroatoms. The van der Waals surface area contributed by atoms with Crippen molar-refractivity contribution in [2.75, 3.05) is 13.1 Å². The first kappa shape index (κ1) is 17.5. The van der Waals surface area contributed by atoms with Gasteiger partial charge in [-0.15, -0.1) is 0 Å². The van der Waals surface area contributed by atoms with Gasteiger partial charge < -0.3 is 15.4 Å². The fourth-order valence-electron chi connectivity index (χ4n) is 2.10. The zero-order chi connectivity index (χ0) is 17.2. The Labute approximate surface area is 142 Å². The quantitative estimate of drug-likeness (QED) is 0.733. The van der Waals surface area contributed by atoms with E-state index in [1.54, 1.807) is 24.3 Å². The zero-order valence-corrected chi connectivity index (χ0v) is 13.7. The standard InChI is InChI=1S/C19H22N2O3/c1-15(22)20-12-5-13-21-19(23)17-8-10-18(11-9-17)24-14-16-6-3-2-4-7-16/h2-4,6-11H,5,12-14H2,1H3,(H,20,22)(H,21,23). The van der Waals surface area contributed by atoms with Crippen LogP contribution >= 0.6 is 0 Å². The van der Waals surface area contributed by atoms with Crippen LogP contribution in [0.25, 0.3) is 0 Å². The van der Waals surface area contributed by atoms with Gasteiger partial charge >= 0.3 is 0 Å². The number of carbonyl (C=O) groups excluding carboxylic acids is 2. The summed E-state index contributed by atoms with van der Waals surface area (Å²) in [7, 11) is 0. The van der Waals surface area contributed by atoms with Crippen molar-refractivity contribution in [3.8, 4) is 5.75 Å². The molecule has 0 fully saturated rings. The van der Waals surface area contributed by atoms with E-state index in [4.69, 9.17) is 4.74 Å². The summed E-state index contributed by atoms with van der Waals surface area (Å²) in [6.45, 7) is 3.04. The van der Waals surface area contributed by atoms with Crippen LogP contribution in [-0.4, -0.2) is 24.9 Å². The third kappa shape index (κ3) is 6.12. The lowest BCUT2D eigenvalue weighted by molar-refractivity contribution is -0.118. The molecule has 126 valence electrons.